The number of halogens is 1. The van der Waals surface area contributed by atoms with Gasteiger partial charge in [0.15, 0.2) is 0 Å². The van der Waals surface area contributed by atoms with Gasteiger partial charge in [-0.2, -0.15) is 6.08 Å². The topological polar surface area (TPSA) is 67.2 Å². The van der Waals surface area contributed by atoms with E-state index in [9.17, 15) is 9.59 Å². The summed E-state index contributed by atoms with van der Waals surface area (Å²) in [7, 11) is 0. The summed E-state index contributed by atoms with van der Waals surface area (Å²) in [5.74, 6) is 0.807. The molecule has 2 fully saturated rings. The molecule has 1 N–H and O–H groups in total. The van der Waals surface area contributed by atoms with Gasteiger partial charge in [-0.25, -0.2) is 6.08 Å². The number of carbonyl (C=O) groups is 1. The van der Waals surface area contributed by atoms with E-state index in [0.29, 0.717) is 34.2 Å². The van der Waals surface area contributed by atoms with Gasteiger partial charge in [0.25, 0.3) is 5.91 Å². The van der Waals surface area contributed by atoms with Crippen molar-refractivity contribution in [2.45, 2.75) is 44.7 Å². The normalized spacial score (nSPS) is 17.5. The maximum Gasteiger partial charge on any atom is 1.00 e. The molecule has 2 heterocycles. The van der Waals surface area contributed by atoms with Crippen molar-refractivity contribution >= 4 is 29.5 Å². The van der Waals surface area contributed by atoms with Gasteiger partial charge in [0.2, 0.25) is 0 Å². The number of benzene rings is 1. The quantitative estimate of drug-likeness (QED) is 0.389. The molecule has 1 aliphatic heterocycles. The Kier molecular flexibility index (Phi) is 10.8. The maximum atomic E-state index is 12.5. The number of anilines is 1. The number of hydrogen-bond acceptors (Lipinski definition) is 4. The molecule has 4 rings (SSSR count). The molecule has 1 saturated heterocycles. The smallest absolute Gasteiger partial charge is 0.419 e. The SMILES string of the molecule is C[C@@H](/C=C/[C-]=O)N1CCC1.[CH2-]c1ncc(C(=O)Nc2ccccc2Cl)n1[C@@H]([CH2-])C1CCC1.[Li+]. The minimum absolute atomic E-state index is 0. The van der Waals surface area contributed by atoms with Crippen LogP contribution in [0.15, 0.2) is 42.6 Å². The maximum absolute atomic E-state index is 12.5. The van der Waals surface area contributed by atoms with Crippen molar-refractivity contribution in [3.63, 3.8) is 0 Å². The fraction of sp³-hybridized carbons (Fsp3) is 0.400. The number of para-hydroxylation sites is 1. The van der Waals surface area contributed by atoms with Crippen LogP contribution in [0, 0.1) is 19.8 Å². The van der Waals surface area contributed by atoms with Crippen molar-refractivity contribution in [1.29, 1.82) is 0 Å². The van der Waals surface area contributed by atoms with Crippen LogP contribution in [0.4, 0.5) is 5.69 Å². The fourth-order valence-corrected chi connectivity index (χ4v) is 3.95. The summed E-state index contributed by atoms with van der Waals surface area (Å²) >= 11 is 6.08. The number of rotatable bonds is 7. The third-order valence-electron chi connectivity index (χ3n) is 6.16. The molecule has 2 aliphatic rings. The Labute approximate surface area is 214 Å². The number of amides is 1. The van der Waals surface area contributed by atoms with Crippen LogP contribution in [-0.2, 0) is 4.79 Å². The minimum Gasteiger partial charge on any atom is -0.419 e. The second-order valence-electron chi connectivity index (χ2n) is 8.23. The predicted molar refractivity (Wildman–Crippen MR) is 128 cm³/mol. The molecule has 1 aromatic carbocycles. The molecule has 2 atom stereocenters. The first kappa shape index (κ1) is 27.3. The molecule has 8 heteroatoms. The molecule has 1 amide bonds. The Balaban J connectivity index is 0.000000297. The number of likely N-dealkylation sites (tertiary alicyclic amines) is 1. The van der Waals surface area contributed by atoms with Crippen LogP contribution in [-0.4, -0.2) is 45.8 Å². The number of imidazole rings is 1. The molecule has 0 bridgehead atoms. The van der Waals surface area contributed by atoms with E-state index in [2.05, 4.69) is 36.0 Å². The van der Waals surface area contributed by atoms with E-state index in [1.165, 1.54) is 32.0 Å². The Bertz CT molecular complexity index is 954. The average molecular weight is 461 g/mol. The van der Waals surface area contributed by atoms with Crippen molar-refractivity contribution in [2.24, 2.45) is 5.92 Å². The molecule has 33 heavy (non-hydrogen) atoms. The number of allylic oxidation sites excluding steroid dienone is 1. The minimum atomic E-state index is -0.247. The standard InChI is InChI=1S/C17H18ClN3O.C8H12NO.Li/c1-11(13-6-5-7-13)21-12(2)19-10-16(21)17(22)20-15-9-4-3-8-14(15)18;1-8(4-2-7-10)9-5-3-6-9;/h3-4,8-11,13H,1-2,5-7H2,(H,20,22);2,4,8H,3,5-6H2,1H3;/q-2;-1;+1/b;4-2+;/t11-;8-;/m00./s1. The third kappa shape index (κ3) is 7.01. The van der Waals surface area contributed by atoms with Gasteiger partial charge in [0.05, 0.1) is 16.9 Å². The first-order chi connectivity index (χ1) is 15.4. The van der Waals surface area contributed by atoms with Crippen molar-refractivity contribution in [3.8, 4) is 0 Å². The number of nitrogens with one attached hydrogen (secondary N) is 1. The van der Waals surface area contributed by atoms with E-state index < -0.39 is 0 Å². The molecule has 1 aliphatic carbocycles. The van der Waals surface area contributed by atoms with E-state index >= 15 is 0 Å². The van der Waals surface area contributed by atoms with Crippen LogP contribution in [0.25, 0.3) is 0 Å². The van der Waals surface area contributed by atoms with Gasteiger partial charge >= 0.3 is 18.9 Å². The zero-order valence-electron chi connectivity index (χ0n) is 19.5. The van der Waals surface area contributed by atoms with Crippen LogP contribution in [0.2, 0.25) is 5.02 Å². The van der Waals surface area contributed by atoms with Crippen LogP contribution < -0.4 is 24.2 Å². The largest absolute Gasteiger partial charge is 1.00 e. The van der Waals surface area contributed by atoms with Gasteiger partial charge in [-0.05, 0) is 55.7 Å². The molecule has 2 aromatic rings. The van der Waals surface area contributed by atoms with Gasteiger partial charge in [0.1, 0.15) is 5.69 Å². The summed E-state index contributed by atoms with van der Waals surface area (Å²) in [5.41, 5.74) is 1.05. The third-order valence-corrected chi connectivity index (χ3v) is 6.49. The summed E-state index contributed by atoms with van der Waals surface area (Å²) in [4.78, 5) is 28.9. The molecule has 6 nitrogen and oxygen atoms in total. The van der Waals surface area contributed by atoms with Crippen molar-refractivity contribution < 1.29 is 28.4 Å². The fourth-order valence-electron chi connectivity index (χ4n) is 3.77. The van der Waals surface area contributed by atoms with Gasteiger partial charge < -0.3 is 33.4 Å². The van der Waals surface area contributed by atoms with Gasteiger partial charge in [-0.3, -0.25) is 9.78 Å². The average Bonchev–Trinajstić information content (AvgIpc) is 3.07. The molecule has 1 saturated carbocycles. The molecule has 0 unspecified atom stereocenters. The van der Waals surface area contributed by atoms with Gasteiger partial charge in [-0.15, -0.1) is 0 Å². The van der Waals surface area contributed by atoms with Crippen LogP contribution >= 0.6 is 11.6 Å². The number of aromatic nitrogens is 2. The van der Waals surface area contributed by atoms with E-state index in [0.717, 1.165) is 12.8 Å². The second kappa shape index (κ2) is 13.1. The van der Waals surface area contributed by atoms with Gasteiger partial charge in [0, 0.05) is 0 Å². The Morgan fingerprint density at radius 1 is 1.30 bits per heavy atom. The first-order valence-corrected chi connectivity index (χ1v) is 11.4. The molecular weight excluding hydrogens is 431 g/mol. The molecule has 0 spiro atoms. The summed E-state index contributed by atoms with van der Waals surface area (Å²) in [6.07, 6.45) is 11.4. The van der Waals surface area contributed by atoms with Crippen LogP contribution in [0.5, 0.6) is 0 Å². The summed E-state index contributed by atoms with van der Waals surface area (Å²) in [6.45, 7) is 12.6. The van der Waals surface area contributed by atoms with Crippen molar-refractivity contribution in [1.82, 2.24) is 14.5 Å². The Morgan fingerprint density at radius 3 is 2.55 bits per heavy atom. The number of nitrogens with zero attached hydrogens (tertiary/aromatic N) is 3. The van der Waals surface area contributed by atoms with E-state index in [1.54, 1.807) is 24.6 Å². The van der Waals surface area contributed by atoms with Crippen LogP contribution in [0.3, 0.4) is 0 Å². The molecular formula is C25H30ClLiN4O2-2. The first-order valence-electron chi connectivity index (χ1n) is 11.0. The monoisotopic (exact) mass is 460 g/mol. The van der Waals surface area contributed by atoms with Crippen molar-refractivity contribution in [2.75, 3.05) is 18.4 Å². The summed E-state index contributed by atoms with van der Waals surface area (Å²) in [5, 5.41) is 3.32. The van der Waals surface area contributed by atoms with Gasteiger partial charge in [-0.1, -0.05) is 56.0 Å². The zero-order chi connectivity index (χ0) is 23.1. The Hall–Kier alpha value is -1.97. The van der Waals surface area contributed by atoms with E-state index in [4.69, 9.17) is 11.6 Å². The zero-order valence-corrected chi connectivity index (χ0v) is 20.2. The predicted octanol–water partition coefficient (Wildman–Crippen LogP) is 1.90. The molecule has 172 valence electrons. The summed E-state index contributed by atoms with van der Waals surface area (Å²) in [6, 6.07) is 7.54. The van der Waals surface area contributed by atoms with Crippen LogP contribution in [0.1, 0.15) is 55.0 Å². The number of carbonyl (C=O) groups excluding carboxylic acids is 2. The molecule has 1 aromatic heterocycles. The van der Waals surface area contributed by atoms with Crippen molar-refractivity contribution in [3.05, 3.63) is 73.0 Å². The Morgan fingerprint density at radius 2 is 2.00 bits per heavy atom. The summed E-state index contributed by atoms with van der Waals surface area (Å²) < 4.78 is 1.83. The number of hydrogen-bond donors (Lipinski definition) is 1. The molecule has 0 radical (unpaired) electrons. The second-order valence-corrected chi connectivity index (χ2v) is 8.64. The van der Waals surface area contributed by atoms with E-state index in [-0.39, 0.29) is 30.8 Å². The van der Waals surface area contributed by atoms with E-state index in [1.807, 2.05) is 22.8 Å².